The Labute approximate surface area is 110 Å². The van der Waals surface area contributed by atoms with Crippen molar-refractivity contribution in [1.82, 2.24) is 15.1 Å². The Kier molecular flexibility index (Phi) is 3.76. The second kappa shape index (κ2) is 5.15. The molecule has 7 nitrogen and oxygen atoms in total. The summed E-state index contributed by atoms with van der Waals surface area (Å²) in [6, 6.07) is -0.857. The third-order valence-corrected chi connectivity index (χ3v) is 3.75. The molecule has 0 aromatic heterocycles. The summed E-state index contributed by atoms with van der Waals surface area (Å²) in [5, 5.41) is 3.10. The molecule has 2 aliphatic rings. The molecule has 0 aliphatic carbocycles. The molecule has 0 bridgehead atoms. The number of likely N-dealkylation sites (N-methyl/N-ethyl adjacent to an activating group) is 1. The molecule has 1 saturated heterocycles. The highest BCUT2D eigenvalue weighted by Crippen LogP contribution is 2.26. The van der Waals surface area contributed by atoms with E-state index in [1.165, 1.54) is 16.7 Å². The van der Waals surface area contributed by atoms with Gasteiger partial charge in [-0.05, 0) is 6.26 Å². The Balaban J connectivity index is 2.24. The standard InChI is InChI=1S/C10H16N4O3S/c1-13-7-6(8(15)12-9(13)16)14(4-5-17-2)10(11-7)18-3/h6-7H,4-5H2,1-3H3,(H,12,15,16). The molecule has 0 spiro atoms. The Morgan fingerprint density at radius 2 is 2.22 bits per heavy atom. The van der Waals surface area contributed by atoms with Crippen molar-refractivity contribution in [2.24, 2.45) is 4.99 Å². The van der Waals surface area contributed by atoms with Crippen molar-refractivity contribution in [3.63, 3.8) is 0 Å². The number of fused-ring (bicyclic) bond motifs is 1. The van der Waals surface area contributed by atoms with Crippen molar-refractivity contribution in [3.05, 3.63) is 0 Å². The van der Waals surface area contributed by atoms with Gasteiger partial charge >= 0.3 is 6.03 Å². The van der Waals surface area contributed by atoms with Gasteiger partial charge in [-0.3, -0.25) is 10.1 Å². The number of rotatable bonds is 3. The van der Waals surface area contributed by atoms with E-state index >= 15 is 0 Å². The van der Waals surface area contributed by atoms with Gasteiger partial charge in [0.05, 0.1) is 6.61 Å². The molecule has 0 radical (unpaired) electrons. The summed E-state index contributed by atoms with van der Waals surface area (Å²) in [6.07, 6.45) is 1.46. The predicted molar refractivity (Wildman–Crippen MR) is 68.4 cm³/mol. The number of nitrogens with one attached hydrogen (secondary N) is 1. The molecular formula is C10H16N4O3S. The maximum atomic E-state index is 11.9. The molecule has 2 unspecified atom stereocenters. The number of hydrogen-bond acceptors (Lipinski definition) is 6. The topological polar surface area (TPSA) is 74.2 Å². The minimum Gasteiger partial charge on any atom is -0.383 e. The predicted octanol–water partition coefficient (Wildman–Crippen LogP) is -0.456. The summed E-state index contributed by atoms with van der Waals surface area (Å²) < 4.78 is 5.04. The summed E-state index contributed by atoms with van der Waals surface area (Å²) in [4.78, 5) is 31.3. The maximum absolute atomic E-state index is 11.9. The van der Waals surface area contributed by atoms with Gasteiger partial charge in [0, 0.05) is 20.7 Å². The Hall–Kier alpha value is -1.28. The van der Waals surface area contributed by atoms with Gasteiger partial charge in [0.15, 0.2) is 17.4 Å². The number of nitrogens with zero attached hydrogens (tertiary/aromatic N) is 3. The molecule has 2 heterocycles. The molecule has 100 valence electrons. The molecule has 0 aromatic carbocycles. The van der Waals surface area contributed by atoms with E-state index in [9.17, 15) is 9.59 Å². The highest BCUT2D eigenvalue weighted by Gasteiger charge is 2.48. The minimum atomic E-state index is -0.453. The van der Waals surface area contributed by atoms with Gasteiger partial charge in [-0.15, -0.1) is 0 Å². The van der Waals surface area contributed by atoms with Crippen LogP contribution >= 0.6 is 11.8 Å². The van der Waals surface area contributed by atoms with Gasteiger partial charge in [-0.1, -0.05) is 11.8 Å². The van der Waals surface area contributed by atoms with E-state index in [0.717, 1.165) is 5.17 Å². The van der Waals surface area contributed by atoms with Gasteiger partial charge in [-0.25, -0.2) is 9.79 Å². The van der Waals surface area contributed by atoms with E-state index in [1.807, 2.05) is 11.2 Å². The van der Waals surface area contributed by atoms with Crippen LogP contribution in [0.1, 0.15) is 0 Å². The van der Waals surface area contributed by atoms with Crippen molar-refractivity contribution >= 4 is 28.9 Å². The first-order valence-corrected chi connectivity index (χ1v) is 6.77. The number of carbonyl (C=O) groups excluding carboxylic acids is 2. The lowest BCUT2D eigenvalue weighted by Crippen LogP contribution is -2.63. The van der Waals surface area contributed by atoms with E-state index in [-0.39, 0.29) is 5.91 Å². The number of ether oxygens (including phenoxy) is 1. The molecule has 0 saturated carbocycles. The smallest absolute Gasteiger partial charge is 0.325 e. The normalized spacial score (nSPS) is 27.2. The van der Waals surface area contributed by atoms with Gasteiger partial charge in [0.2, 0.25) is 0 Å². The van der Waals surface area contributed by atoms with E-state index in [4.69, 9.17) is 4.74 Å². The number of hydrogen-bond donors (Lipinski definition) is 1. The Morgan fingerprint density at radius 3 is 2.83 bits per heavy atom. The van der Waals surface area contributed by atoms with Crippen LogP contribution in [-0.2, 0) is 9.53 Å². The molecule has 1 N–H and O–H groups in total. The molecule has 3 amide bonds. The minimum absolute atomic E-state index is 0.299. The summed E-state index contributed by atoms with van der Waals surface area (Å²) in [7, 11) is 3.25. The summed E-state index contributed by atoms with van der Waals surface area (Å²) in [5.74, 6) is -0.299. The van der Waals surface area contributed by atoms with Gasteiger partial charge in [-0.2, -0.15) is 0 Å². The fourth-order valence-electron chi connectivity index (χ4n) is 2.10. The fraction of sp³-hybridized carbons (Fsp3) is 0.700. The van der Waals surface area contributed by atoms with Crippen LogP contribution in [0.3, 0.4) is 0 Å². The lowest BCUT2D eigenvalue weighted by Gasteiger charge is -2.36. The molecule has 8 heteroatoms. The number of thioether (sulfide) groups is 1. The van der Waals surface area contributed by atoms with Gasteiger partial charge < -0.3 is 14.5 Å². The van der Waals surface area contributed by atoms with Crippen LogP contribution < -0.4 is 5.32 Å². The molecular weight excluding hydrogens is 256 g/mol. The average Bonchev–Trinajstić information content (AvgIpc) is 2.72. The van der Waals surface area contributed by atoms with Crippen LogP contribution in [0.15, 0.2) is 4.99 Å². The number of amidine groups is 1. The fourth-order valence-corrected chi connectivity index (χ4v) is 2.75. The Bertz CT molecular complexity index is 401. The van der Waals surface area contributed by atoms with E-state index in [1.54, 1.807) is 14.2 Å². The molecule has 0 aromatic rings. The van der Waals surface area contributed by atoms with Gasteiger partial charge in [0.25, 0.3) is 5.91 Å². The third-order valence-electron chi connectivity index (χ3n) is 3.04. The summed E-state index contributed by atoms with van der Waals surface area (Å²) >= 11 is 1.46. The first kappa shape index (κ1) is 13.2. The number of amides is 3. The highest BCUT2D eigenvalue weighted by atomic mass is 32.2. The van der Waals surface area contributed by atoms with Crippen molar-refractivity contribution in [2.75, 3.05) is 33.6 Å². The zero-order valence-corrected chi connectivity index (χ0v) is 11.4. The van der Waals surface area contributed by atoms with Crippen molar-refractivity contribution < 1.29 is 14.3 Å². The van der Waals surface area contributed by atoms with Crippen molar-refractivity contribution in [3.8, 4) is 0 Å². The number of methoxy groups -OCH3 is 1. The SMILES string of the molecule is COCCN1C(SC)=NC2C1C(=O)NC(=O)N2C. The first-order valence-electron chi connectivity index (χ1n) is 5.55. The van der Waals surface area contributed by atoms with Crippen LogP contribution in [0, 0.1) is 0 Å². The molecule has 2 aliphatic heterocycles. The second-order valence-corrected chi connectivity index (χ2v) is 4.84. The van der Waals surface area contributed by atoms with E-state index in [2.05, 4.69) is 10.3 Å². The summed E-state index contributed by atoms with van der Waals surface area (Å²) in [5.41, 5.74) is 0. The number of carbonyl (C=O) groups is 2. The van der Waals surface area contributed by atoms with Crippen LogP contribution in [0.5, 0.6) is 0 Å². The maximum Gasteiger partial charge on any atom is 0.325 e. The molecule has 1 fully saturated rings. The first-order chi connectivity index (χ1) is 8.60. The molecule has 2 atom stereocenters. The van der Waals surface area contributed by atoms with E-state index in [0.29, 0.717) is 13.2 Å². The molecule has 2 rings (SSSR count). The van der Waals surface area contributed by atoms with Crippen molar-refractivity contribution in [1.29, 1.82) is 0 Å². The summed E-state index contributed by atoms with van der Waals surface area (Å²) in [6.45, 7) is 1.08. The van der Waals surface area contributed by atoms with E-state index < -0.39 is 18.2 Å². The quantitative estimate of drug-likeness (QED) is 0.753. The number of imide groups is 1. The zero-order valence-electron chi connectivity index (χ0n) is 10.5. The van der Waals surface area contributed by atoms with Crippen molar-refractivity contribution in [2.45, 2.75) is 12.2 Å². The number of aliphatic imine (C=N–C) groups is 1. The van der Waals surface area contributed by atoms with Crippen LogP contribution in [0.25, 0.3) is 0 Å². The van der Waals surface area contributed by atoms with Crippen LogP contribution in [-0.4, -0.2) is 72.7 Å². The Morgan fingerprint density at radius 1 is 1.50 bits per heavy atom. The lowest BCUT2D eigenvalue weighted by atomic mass is 10.1. The van der Waals surface area contributed by atoms with Crippen LogP contribution in [0.4, 0.5) is 4.79 Å². The average molecular weight is 272 g/mol. The monoisotopic (exact) mass is 272 g/mol. The van der Waals surface area contributed by atoms with Gasteiger partial charge in [0.1, 0.15) is 0 Å². The second-order valence-electron chi connectivity index (χ2n) is 4.07. The lowest BCUT2D eigenvalue weighted by molar-refractivity contribution is -0.127. The highest BCUT2D eigenvalue weighted by molar-refractivity contribution is 8.13. The largest absolute Gasteiger partial charge is 0.383 e. The number of urea groups is 1. The zero-order chi connectivity index (χ0) is 13.3. The third kappa shape index (κ3) is 2.05. The van der Waals surface area contributed by atoms with Crippen LogP contribution in [0.2, 0.25) is 0 Å². The molecule has 18 heavy (non-hydrogen) atoms.